The van der Waals surface area contributed by atoms with Crippen LogP contribution in [0.2, 0.25) is 0 Å². The first kappa shape index (κ1) is 23.1. The van der Waals surface area contributed by atoms with Gasteiger partial charge in [-0.25, -0.2) is 0 Å². The number of benzene rings is 4. The molecule has 2 N–H and O–H groups in total. The van der Waals surface area contributed by atoms with Crippen molar-refractivity contribution < 1.29 is 14.7 Å². The minimum absolute atomic E-state index is 0.0875. The number of carboxylic acids is 1. The monoisotopic (exact) mass is 475 g/mol. The zero-order chi connectivity index (χ0) is 25.1. The predicted octanol–water partition coefficient (Wildman–Crippen LogP) is 5.94. The molecular weight excluding hydrogens is 450 g/mol. The van der Waals surface area contributed by atoms with Crippen molar-refractivity contribution in [3.05, 3.63) is 119 Å². The molecule has 5 rings (SSSR count). The summed E-state index contributed by atoms with van der Waals surface area (Å²) in [6.07, 6.45) is -0.0875. The van der Waals surface area contributed by atoms with Crippen molar-refractivity contribution in [1.82, 2.24) is 9.78 Å². The fraction of sp³-hybridized carbons (Fsp3) is 0.100. The Balaban J connectivity index is 1.33. The summed E-state index contributed by atoms with van der Waals surface area (Å²) < 4.78 is 1.84. The van der Waals surface area contributed by atoms with Crippen LogP contribution in [0.5, 0.6) is 0 Å². The van der Waals surface area contributed by atoms with E-state index in [9.17, 15) is 14.7 Å². The molecule has 6 heteroatoms. The first-order valence-corrected chi connectivity index (χ1v) is 11.7. The Labute approximate surface area is 208 Å². The van der Waals surface area contributed by atoms with E-state index in [1.165, 1.54) is 0 Å². The zero-order valence-corrected chi connectivity index (χ0v) is 19.8. The highest BCUT2D eigenvalue weighted by molar-refractivity contribution is 6.06. The minimum atomic E-state index is -0.888. The molecule has 1 amide bonds. The minimum Gasteiger partial charge on any atom is -0.481 e. The van der Waals surface area contributed by atoms with Crippen molar-refractivity contribution in [2.45, 2.75) is 19.9 Å². The van der Waals surface area contributed by atoms with Gasteiger partial charge < -0.3 is 10.4 Å². The van der Waals surface area contributed by atoms with Crippen molar-refractivity contribution in [2.24, 2.45) is 0 Å². The number of amides is 1. The summed E-state index contributed by atoms with van der Waals surface area (Å²) in [6.45, 7) is 2.39. The van der Waals surface area contributed by atoms with Gasteiger partial charge in [-0.3, -0.25) is 14.3 Å². The molecule has 5 aromatic rings. The van der Waals surface area contributed by atoms with Crippen LogP contribution in [-0.2, 0) is 17.8 Å². The normalized spacial score (nSPS) is 10.9. The fourth-order valence-corrected chi connectivity index (χ4v) is 4.33. The van der Waals surface area contributed by atoms with Gasteiger partial charge in [0.15, 0.2) is 0 Å². The maximum Gasteiger partial charge on any atom is 0.307 e. The van der Waals surface area contributed by atoms with E-state index in [2.05, 4.69) is 5.32 Å². The van der Waals surface area contributed by atoms with Crippen molar-refractivity contribution in [1.29, 1.82) is 0 Å². The summed E-state index contributed by atoms with van der Waals surface area (Å²) in [5.41, 5.74) is 5.41. The molecule has 0 aliphatic heterocycles. The maximum absolute atomic E-state index is 12.8. The Morgan fingerprint density at radius 2 is 1.56 bits per heavy atom. The molecule has 0 aliphatic carbocycles. The fourth-order valence-electron chi connectivity index (χ4n) is 4.33. The summed E-state index contributed by atoms with van der Waals surface area (Å²) in [6, 6.07) is 30.8. The second-order valence-corrected chi connectivity index (χ2v) is 8.72. The van der Waals surface area contributed by atoms with E-state index in [1.54, 1.807) is 0 Å². The van der Waals surface area contributed by atoms with Gasteiger partial charge in [0.05, 0.1) is 18.7 Å². The number of carbonyl (C=O) groups is 2. The molecule has 36 heavy (non-hydrogen) atoms. The van der Waals surface area contributed by atoms with Gasteiger partial charge in [-0.05, 0) is 47.5 Å². The first-order valence-electron chi connectivity index (χ1n) is 11.7. The third-order valence-electron chi connectivity index (χ3n) is 6.26. The van der Waals surface area contributed by atoms with Gasteiger partial charge in [-0.15, -0.1) is 0 Å². The molecule has 0 saturated carbocycles. The Kier molecular flexibility index (Phi) is 6.33. The quantitative estimate of drug-likeness (QED) is 0.305. The van der Waals surface area contributed by atoms with Gasteiger partial charge in [-0.1, -0.05) is 72.8 Å². The molecule has 0 spiro atoms. The number of carboxylic acid groups (broad SMARTS) is 1. The Hall–Kier alpha value is -4.71. The Bertz CT molecular complexity index is 1550. The lowest BCUT2D eigenvalue weighted by Gasteiger charge is -2.09. The van der Waals surface area contributed by atoms with E-state index >= 15 is 0 Å². The van der Waals surface area contributed by atoms with Gasteiger partial charge in [-0.2, -0.15) is 5.10 Å². The van der Waals surface area contributed by atoms with E-state index in [1.807, 2.05) is 109 Å². The Morgan fingerprint density at radius 1 is 0.861 bits per heavy atom. The van der Waals surface area contributed by atoms with Crippen LogP contribution in [0, 0.1) is 6.92 Å². The van der Waals surface area contributed by atoms with Gasteiger partial charge in [0.1, 0.15) is 0 Å². The Morgan fingerprint density at radius 3 is 2.28 bits per heavy atom. The molecule has 178 valence electrons. The van der Waals surface area contributed by atoms with E-state index in [0.29, 0.717) is 29.1 Å². The molecule has 0 aliphatic rings. The SMILES string of the molecule is Cc1c(CC(=O)O)c(-c2ccccc2)nn1Cc1ccc(NC(=O)c2ccc3ccccc3c2)cc1. The van der Waals surface area contributed by atoms with Crippen LogP contribution in [-0.4, -0.2) is 26.8 Å². The summed E-state index contributed by atoms with van der Waals surface area (Å²) in [7, 11) is 0. The lowest BCUT2D eigenvalue weighted by molar-refractivity contribution is -0.136. The number of hydrogen-bond donors (Lipinski definition) is 2. The number of rotatable bonds is 7. The number of carbonyl (C=O) groups excluding carboxylic acids is 1. The van der Waals surface area contributed by atoms with Crippen molar-refractivity contribution in [2.75, 3.05) is 5.32 Å². The maximum atomic E-state index is 12.8. The smallest absolute Gasteiger partial charge is 0.307 e. The van der Waals surface area contributed by atoms with Crippen LogP contribution in [0.1, 0.15) is 27.2 Å². The van der Waals surface area contributed by atoms with E-state index in [-0.39, 0.29) is 12.3 Å². The topological polar surface area (TPSA) is 84.2 Å². The number of nitrogens with one attached hydrogen (secondary N) is 1. The van der Waals surface area contributed by atoms with Crippen LogP contribution in [0.3, 0.4) is 0 Å². The molecule has 0 fully saturated rings. The molecule has 1 heterocycles. The third-order valence-corrected chi connectivity index (χ3v) is 6.26. The molecule has 1 aromatic heterocycles. The lowest BCUT2D eigenvalue weighted by atomic mass is 10.0. The lowest BCUT2D eigenvalue weighted by Crippen LogP contribution is -2.12. The first-order chi connectivity index (χ1) is 17.5. The van der Waals surface area contributed by atoms with E-state index in [0.717, 1.165) is 27.6 Å². The predicted molar refractivity (Wildman–Crippen MR) is 141 cm³/mol. The number of fused-ring (bicyclic) bond motifs is 1. The van der Waals surface area contributed by atoms with Crippen molar-refractivity contribution in [3.63, 3.8) is 0 Å². The van der Waals surface area contributed by atoms with Crippen LogP contribution in [0.15, 0.2) is 97.1 Å². The molecule has 4 aromatic carbocycles. The van der Waals surface area contributed by atoms with Gasteiger partial charge >= 0.3 is 5.97 Å². The molecule has 0 bridgehead atoms. The highest BCUT2D eigenvalue weighted by Gasteiger charge is 2.18. The number of hydrogen-bond acceptors (Lipinski definition) is 3. The average molecular weight is 476 g/mol. The van der Waals surface area contributed by atoms with Crippen molar-refractivity contribution >= 4 is 28.3 Å². The third kappa shape index (κ3) is 4.88. The van der Waals surface area contributed by atoms with Crippen LogP contribution < -0.4 is 5.32 Å². The number of aliphatic carboxylic acids is 1. The second kappa shape index (κ2) is 9.88. The molecule has 0 saturated heterocycles. The standard InChI is InChI=1S/C30H25N3O3/c1-20-27(18-28(34)35)29(23-8-3-2-4-9-23)32-33(20)19-21-11-15-26(16-12-21)31-30(36)25-14-13-22-7-5-6-10-24(22)17-25/h2-17H,18-19H2,1H3,(H,31,36)(H,34,35). The number of aromatic nitrogens is 2. The second-order valence-electron chi connectivity index (χ2n) is 8.72. The molecule has 0 radical (unpaired) electrons. The molecule has 6 nitrogen and oxygen atoms in total. The molecular formula is C30H25N3O3. The van der Waals surface area contributed by atoms with Crippen LogP contribution in [0.4, 0.5) is 5.69 Å². The zero-order valence-electron chi connectivity index (χ0n) is 19.8. The van der Waals surface area contributed by atoms with Crippen molar-refractivity contribution in [3.8, 4) is 11.3 Å². The van der Waals surface area contributed by atoms with Crippen LogP contribution >= 0.6 is 0 Å². The summed E-state index contributed by atoms with van der Waals surface area (Å²) in [5, 5.41) is 19.2. The number of nitrogens with zero attached hydrogens (tertiary/aromatic N) is 2. The highest BCUT2D eigenvalue weighted by atomic mass is 16.4. The van der Waals surface area contributed by atoms with E-state index in [4.69, 9.17) is 5.10 Å². The van der Waals surface area contributed by atoms with Gasteiger partial charge in [0.2, 0.25) is 0 Å². The highest BCUT2D eigenvalue weighted by Crippen LogP contribution is 2.26. The van der Waals surface area contributed by atoms with Gasteiger partial charge in [0.25, 0.3) is 5.91 Å². The van der Waals surface area contributed by atoms with E-state index < -0.39 is 5.97 Å². The number of anilines is 1. The largest absolute Gasteiger partial charge is 0.481 e. The van der Waals surface area contributed by atoms with Gasteiger partial charge in [0, 0.05) is 28.1 Å². The van der Waals surface area contributed by atoms with Crippen LogP contribution in [0.25, 0.3) is 22.0 Å². The average Bonchev–Trinajstić information content (AvgIpc) is 3.19. The summed E-state index contributed by atoms with van der Waals surface area (Å²) in [5.74, 6) is -1.05. The molecule has 0 unspecified atom stereocenters. The summed E-state index contributed by atoms with van der Waals surface area (Å²) in [4.78, 5) is 24.3. The summed E-state index contributed by atoms with van der Waals surface area (Å²) >= 11 is 0. The molecule has 0 atom stereocenters.